The molecule has 0 aromatic heterocycles. The van der Waals surface area contributed by atoms with Crippen LogP contribution in [0.25, 0.3) is 0 Å². The van der Waals surface area contributed by atoms with E-state index in [1.54, 1.807) is 6.92 Å². The number of hydrogen-bond acceptors (Lipinski definition) is 4. The smallest absolute Gasteiger partial charge is 0.411 e. The Morgan fingerprint density at radius 3 is 2.21 bits per heavy atom. The fourth-order valence-electron chi connectivity index (χ4n) is 2.34. The summed E-state index contributed by atoms with van der Waals surface area (Å²) in [4.78, 5) is 25.9. The van der Waals surface area contributed by atoms with E-state index in [4.69, 9.17) is 9.47 Å². The maximum absolute atomic E-state index is 12.2. The van der Waals surface area contributed by atoms with Gasteiger partial charge in [0.05, 0.1) is 6.61 Å². The number of nitrogens with zero attached hydrogens (tertiary/aromatic N) is 1. The Labute approximate surface area is 115 Å². The molecule has 1 aliphatic rings. The summed E-state index contributed by atoms with van der Waals surface area (Å²) in [5, 5.41) is 0. The van der Waals surface area contributed by atoms with Crippen molar-refractivity contribution in [2.45, 2.75) is 59.1 Å². The van der Waals surface area contributed by atoms with Crippen LogP contribution in [0.1, 0.15) is 48.0 Å². The summed E-state index contributed by atoms with van der Waals surface area (Å²) in [5.41, 5.74) is -1.43. The average molecular weight is 271 g/mol. The number of carbonyl (C=O) groups excluding carboxylic acids is 2. The number of amides is 1. The molecule has 0 bridgehead atoms. The molecule has 1 heterocycles. The minimum Gasteiger partial charge on any atom is -0.464 e. The van der Waals surface area contributed by atoms with Gasteiger partial charge in [-0.1, -0.05) is 13.8 Å². The van der Waals surface area contributed by atoms with E-state index in [9.17, 15) is 9.59 Å². The van der Waals surface area contributed by atoms with Crippen LogP contribution >= 0.6 is 0 Å². The molecule has 1 aliphatic heterocycles. The van der Waals surface area contributed by atoms with Crippen LogP contribution in [-0.2, 0) is 14.3 Å². The summed E-state index contributed by atoms with van der Waals surface area (Å²) in [5.74, 6) is -0.338. The minimum absolute atomic E-state index is 0.00665. The maximum Gasteiger partial charge on any atom is 0.411 e. The molecule has 1 atom stereocenters. The molecule has 1 unspecified atom stereocenters. The van der Waals surface area contributed by atoms with Gasteiger partial charge in [0.1, 0.15) is 11.1 Å². The Morgan fingerprint density at radius 2 is 1.89 bits per heavy atom. The van der Waals surface area contributed by atoms with E-state index >= 15 is 0 Å². The zero-order valence-electron chi connectivity index (χ0n) is 12.8. The van der Waals surface area contributed by atoms with E-state index < -0.39 is 17.2 Å². The molecule has 0 radical (unpaired) electrons. The molecule has 1 rings (SSSR count). The summed E-state index contributed by atoms with van der Waals surface area (Å²) >= 11 is 0. The van der Waals surface area contributed by atoms with Gasteiger partial charge in [0.2, 0.25) is 0 Å². The van der Waals surface area contributed by atoms with Gasteiger partial charge in [0.15, 0.2) is 0 Å². The Morgan fingerprint density at radius 1 is 1.32 bits per heavy atom. The second-order valence-corrected chi connectivity index (χ2v) is 6.18. The highest BCUT2D eigenvalue weighted by Gasteiger charge is 2.57. The van der Waals surface area contributed by atoms with E-state index in [2.05, 4.69) is 0 Å². The van der Waals surface area contributed by atoms with Crippen molar-refractivity contribution in [3.8, 4) is 0 Å². The lowest BCUT2D eigenvalue weighted by molar-refractivity contribution is -0.171. The molecule has 0 aliphatic carbocycles. The SMILES string of the molecule is CCOC(=O)C1(C(C)C)CCN1C(=O)OC(C)(C)C. The molecule has 0 N–H and O–H groups in total. The average Bonchev–Trinajstić information content (AvgIpc) is 2.12. The van der Waals surface area contributed by atoms with Gasteiger partial charge in [-0.2, -0.15) is 0 Å². The van der Waals surface area contributed by atoms with Crippen molar-refractivity contribution < 1.29 is 19.1 Å². The van der Waals surface area contributed by atoms with Gasteiger partial charge in [-0.25, -0.2) is 9.59 Å². The first-order valence-electron chi connectivity index (χ1n) is 6.83. The third kappa shape index (κ3) is 3.01. The predicted octanol–water partition coefficient (Wildman–Crippen LogP) is 2.59. The van der Waals surface area contributed by atoms with Gasteiger partial charge in [-0.15, -0.1) is 0 Å². The van der Waals surface area contributed by atoms with Gasteiger partial charge in [-0.3, -0.25) is 4.90 Å². The van der Waals surface area contributed by atoms with E-state index in [1.165, 1.54) is 4.90 Å². The molecule has 1 fully saturated rings. The van der Waals surface area contributed by atoms with E-state index in [0.717, 1.165) is 0 Å². The molecule has 1 saturated heterocycles. The predicted molar refractivity (Wildman–Crippen MR) is 71.8 cm³/mol. The van der Waals surface area contributed by atoms with Gasteiger partial charge in [0.25, 0.3) is 0 Å². The summed E-state index contributed by atoms with van der Waals surface area (Å²) in [7, 11) is 0. The number of hydrogen-bond donors (Lipinski definition) is 0. The standard InChI is InChI=1S/C14H25NO4/c1-7-18-11(16)14(10(2)3)8-9-15(14)12(17)19-13(4,5)6/h10H,7-9H2,1-6H3. The largest absolute Gasteiger partial charge is 0.464 e. The van der Waals surface area contributed by atoms with Crippen molar-refractivity contribution in [1.82, 2.24) is 4.90 Å². The Balaban J connectivity index is 2.90. The van der Waals surface area contributed by atoms with Crippen LogP contribution in [0.15, 0.2) is 0 Å². The lowest BCUT2D eigenvalue weighted by Gasteiger charge is -2.52. The van der Waals surface area contributed by atoms with E-state index in [1.807, 2.05) is 34.6 Å². The second kappa shape index (κ2) is 5.39. The Bertz CT molecular complexity index is 359. The Hall–Kier alpha value is -1.26. The minimum atomic E-state index is -0.863. The molecular weight excluding hydrogens is 246 g/mol. The van der Waals surface area contributed by atoms with E-state index in [0.29, 0.717) is 19.6 Å². The molecular formula is C14H25NO4. The highest BCUT2D eigenvalue weighted by molar-refractivity contribution is 5.88. The van der Waals surface area contributed by atoms with Gasteiger partial charge >= 0.3 is 12.1 Å². The monoisotopic (exact) mass is 271 g/mol. The lowest BCUT2D eigenvalue weighted by atomic mass is 9.75. The fraction of sp³-hybridized carbons (Fsp3) is 0.857. The zero-order chi connectivity index (χ0) is 14.8. The summed E-state index contributed by atoms with van der Waals surface area (Å²) < 4.78 is 10.5. The highest BCUT2D eigenvalue weighted by atomic mass is 16.6. The van der Waals surface area contributed by atoms with Crippen LogP contribution < -0.4 is 0 Å². The van der Waals surface area contributed by atoms with Crippen molar-refractivity contribution in [1.29, 1.82) is 0 Å². The van der Waals surface area contributed by atoms with Crippen LogP contribution in [0, 0.1) is 5.92 Å². The summed E-state index contributed by atoms with van der Waals surface area (Å²) in [6, 6.07) is 0. The lowest BCUT2D eigenvalue weighted by Crippen LogP contribution is -2.70. The number of likely N-dealkylation sites (tertiary alicyclic amines) is 1. The first kappa shape index (κ1) is 15.8. The van der Waals surface area contributed by atoms with Crippen molar-refractivity contribution in [3.05, 3.63) is 0 Å². The molecule has 0 saturated carbocycles. The summed E-state index contributed by atoms with van der Waals surface area (Å²) in [6.07, 6.45) is 0.184. The number of esters is 1. The third-order valence-electron chi connectivity index (χ3n) is 3.40. The van der Waals surface area contributed by atoms with E-state index in [-0.39, 0.29) is 11.9 Å². The van der Waals surface area contributed by atoms with Crippen LogP contribution in [0.5, 0.6) is 0 Å². The molecule has 0 spiro atoms. The van der Waals surface area contributed by atoms with Crippen LogP contribution in [-0.4, -0.2) is 41.3 Å². The maximum atomic E-state index is 12.2. The van der Waals surface area contributed by atoms with Crippen molar-refractivity contribution in [3.63, 3.8) is 0 Å². The van der Waals surface area contributed by atoms with Crippen LogP contribution in [0.4, 0.5) is 4.79 Å². The van der Waals surface area contributed by atoms with Gasteiger partial charge in [-0.05, 0) is 40.0 Å². The van der Waals surface area contributed by atoms with Gasteiger partial charge < -0.3 is 9.47 Å². The first-order chi connectivity index (χ1) is 8.65. The van der Waals surface area contributed by atoms with Crippen molar-refractivity contribution in [2.75, 3.05) is 13.2 Å². The third-order valence-corrected chi connectivity index (χ3v) is 3.40. The molecule has 19 heavy (non-hydrogen) atoms. The molecule has 5 nitrogen and oxygen atoms in total. The molecule has 110 valence electrons. The van der Waals surface area contributed by atoms with Gasteiger partial charge in [0, 0.05) is 6.54 Å². The van der Waals surface area contributed by atoms with Crippen molar-refractivity contribution >= 4 is 12.1 Å². The fourth-order valence-corrected chi connectivity index (χ4v) is 2.34. The molecule has 0 aromatic rings. The number of rotatable bonds is 3. The van der Waals surface area contributed by atoms with Crippen LogP contribution in [0.3, 0.4) is 0 Å². The normalized spacial score (nSPS) is 23.0. The number of carbonyl (C=O) groups is 2. The number of ether oxygens (including phenoxy) is 2. The summed E-state index contributed by atoms with van der Waals surface area (Å²) in [6.45, 7) is 11.9. The molecule has 1 amide bonds. The second-order valence-electron chi connectivity index (χ2n) is 6.18. The Kier molecular flexibility index (Phi) is 4.48. The zero-order valence-corrected chi connectivity index (χ0v) is 12.8. The molecule has 5 heteroatoms. The quantitative estimate of drug-likeness (QED) is 0.740. The van der Waals surface area contributed by atoms with Crippen molar-refractivity contribution in [2.24, 2.45) is 5.92 Å². The highest BCUT2D eigenvalue weighted by Crippen LogP contribution is 2.39. The van der Waals surface area contributed by atoms with Crippen LogP contribution in [0.2, 0.25) is 0 Å². The first-order valence-corrected chi connectivity index (χ1v) is 6.83. The topological polar surface area (TPSA) is 55.8 Å². The molecule has 0 aromatic carbocycles.